The lowest BCUT2D eigenvalue weighted by Gasteiger charge is -2.22. The lowest BCUT2D eigenvalue weighted by molar-refractivity contribution is 0.270. The normalized spacial score (nSPS) is 13.1. The summed E-state index contributed by atoms with van der Waals surface area (Å²) < 4.78 is 18.3. The number of benzene rings is 1. The standard InChI is InChI=1S/C15H25FN2O/c1-11(2)18(4)9-8-17-12(3)13-6-7-14(16)15(10-13)19-5/h6-7,10-12,17H,8-9H2,1-5H3. The topological polar surface area (TPSA) is 24.5 Å². The van der Waals surface area contributed by atoms with Crippen LogP contribution in [0.2, 0.25) is 0 Å². The third kappa shape index (κ3) is 4.80. The Bertz CT molecular complexity index is 396. The van der Waals surface area contributed by atoms with Gasteiger partial charge in [0.1, 0.15) is 0 Å². The van der Waals surface area contributed by atoms with Crippen molar-refractivity contribution in [3.63, 3.8) is 0 Å². The molecule has 0 aromatic heterocycles. The van der Waals surface area contributed by atoms with Crippen LogP contribution in [0.3, 0.4) is 0 Å². The molecule has 0 radical (unpaired) electrons. The average molecular weight is 268 g/mol. The van der Waals surface area contributed by atoms with E-state index in [1.807, 2.05) is 0 Å². The van der Waals surface area contributed by atoms with Crippen molar-refractivity contribution in [2.75, 3.05) is 27.2 Å². The van der Waals surface area contributed by atoms with Crippen LogP contribution in [0.25, 0.3) is 0 Å². The smallest absolute Gasteiger partial charge is 0.165 e. The van der Waals surface area contributed by atoms with Crippen LogP contribution in [0.5, 0.6) is 5.75 Å². The summed E-state index contributed by atoms with van der Waals surface area (Å²) in [6.45, 7) is 8.31. The van der Waals surface area contributed by atoms with Gasteiger partial charge in [0.15, 0.2) is 11.6 Å². The van der Waals surface area contributed by atoms with Gasteiger partial charge in [0.05, 0.1) is 7.11 Å². The van der Waals surface area contributed by atoms with Crippen molar-refractivity contribution in [2.45, 2.75) is 32.9 Å². The van der Waals surface area contributed by atoms with Crippen molar-refractivity contribution >= 4 is 0 Å². The largest absolute Gasteiger partial charge is 0.494 e. The van der Waals surface area contributed by atoms with Crippen LogP contribution in [0.4, 0.5) is 4.39 Å². The average Bonchev–Trinajstić information content (AvgIpc) is 2.38. The van der Waals surface area contributed by atoms with E-state index in [0.717, 1.165) is 18.7 Å². The van der Waals surface area contributed by atoms with Gasteiger partial charge in [-0.15, -0.1) is 0 Å². The van der Waals surface area contributed by atoms with Crippen LogP contribution in [0, 0.1) is 5.82 Å². The molecule has 1 atom stereocenters. The van der Waals surface area contributed by atoms with Crippen LogP contribution >= 0.6 is 0 Å². The molecule has 0 bridgehead atoms. The first kappa shape index (κ1) is 15.9. The molecule has 0 aliphatic carbocycles. The molecular formula is C15H25FN2O. The molecular weight excluding hydrogens is 243 g/mol. The van der Waals surface area contributed by atoms with Crippen LogP contribution in [0.1, 0.15) is 32.4 Å². The van der Waals surface area contributed by atoms with Crippen LogP contribution < -0.4 is 10.1 Å². The van der Waals surface area contributed by atoms with Crippen molar-refractivity contribution < 1.29 is 9.13 Å². The second kappa shape index (κ2) is 7.46. The first-order valence-corrected chi connectivity index (χ1v) is 6.72. The minimum absolute atomic E-state index is 0.176. The first-order chi connectivity index (χ1) is 8.95. The predicted molar refractivity (Wildman–Crippen MR) is 77.1 cm³/mol. The SMILES string of the molecule is COc1cc(C(C)NCCN(C)C(C)C)ccc1F. The fraction of sp³-hybridized carbons (Fsp3) is 0.600. The number of nitrogens with one attached hydrogen (secondary N) is 1. The molecule has 0 amide bonds. The van der Waals surface area contributed by atoms with Crippen LogP contribution in [-0.4, -0.2) is 38.2 Å². The molecule has 0 fully saturated rings. The molecule has 1 rings (SSSR count). The highest BCUT2D eigenvalue weighted by molar-refractivity contribution is 5.31. The maximum Gasteiger partial charge on any atom is 0.165 e. The number of rotatable bonds is 7. The monoisotopic (exact) mass is 268 g/mol. The minimum Gasteiger partial charge on any atom is -0.494 e. The fourth-order valence-corrected chi connectivity index (χ4v) is 1.78. The Morgan fingerprint density at radius 1 is 1.32 bits per heavy atom. The molecule has 4 heteroatoms. The Morgan fingerprint density at radius 2 is 2.00 bits per heavy atom. The zero-order chi connectivity index (χ0) is 14.4. The number of methoxy groups -OCH3 is 1. The minimum atomic E-state index is -0.321. The summed E-state index contributed by atoms with van der Waals surface area (Å²) in [6, 6.07) is 5.71. The fourth-order valence-electron chi connectivity index (χ4n) is 1.78. The zero-order valence-corrected chi connectivity index (χ0v) is 12.5. The Kier molecular flexibility index (Phi) is 6.25. The highest BCUT2D eigenvalue weighted by Gasteiger charge is 2.10. The quantitative estimate of drug-likeness (QED) is 0.823. The van der Waals surface area contributed by atoms with Crippen molar-refractivity contribution in [1.82, 2.24) is 10.2 Å². The Balaban J connectivity index is 2.51. The second-order valence-electron chi connectivity index (χ2n) is 5.14. The van der Waals surface area contributed by atoms with Crippen molar-refractivity contribution in [2.24, 2.45) is 0 Å². The van der Waals surface area contributed by atoms with Gasteiger partial charge in [-0.05, 0) is 45.5 Å². The van der Waals surface area contributed by atoms with E-state index in [0.29, 0.717) is 11.8 Å². The maximum atomic E-state index is 13.3. The number of nitrogens with zero attached hydrogens (tertiary/aromatic N) is 1. The van der Waals surface area contributed by atoms with Crippen LogP contribution in [-0.2, 0) is 0 Å². The molecule has 0 saturated carbocycles. The Morgan fingerprint density at radius 3 is 2.58 bits per heavy atom. The molecule has 19 heavy (non-hydrogen) atoms. The number of ether oxygens (including phenoxy) is 1. The lowest BCUT2D eigenvalue weighted by Crippen LogP contribution is -2.34. The van der Waals surface area contributed by atoms with Gasteiger partial charge >= 0.3 is 0 Å². The van der Waals surface area contributed by atoms with Crippen molar-refractivity contribution in [1.29, 1.82) is 0 Å². The molecule has 1 unspecified atom stereocenters. The molecule has 0 aliphatic rings. The van der Waals surface area contributed by atoms with E-state index < -0.39 is 0 Å². The molecule has 0 aliphatic heterocycles. The van der Waals surface area contributed by atoms with Gasteiger partial charge in [-0.3, -0.25) is 0 Å². The number of likely N-dealkylation sites (N-methyl/N-ethyl adjacent to an activating group) is 1. The predicted octanol–water partition coefficient (Wildman–Crippen LogP) is 2.83. The number of halogens is 1. The van der Waals surface area contributed by atoms with Crippen molar-refractivity contribution in [3.05, 3.63) is 29.6 Å². The third-order valence-corrected chi connectivity index (χ3v) is 3.47. The van der Waals surface area contributed by atoms with Gasteiger partial charge in [-0.2, -0.15) is 0 Å². The van der Waals surface area contributed by atoms with Gasteiger partial charge in [-0.1, -0.05) is 6.07 Å². The van der Waals surface area contributed by atoms with E-state index >= 15 is 0 Å². The second-order valence-corrected chi connectivity index (χ2v) is 5.14. The van der Waals surface area contributed by atoms with Crippen molar-refractivity contribution in [3.8, 4) is 5.75 Å². The van der Waals surface area contributed by atoms with Crippen LogP contribution in [0.15, 0.2) is 18.2 Å². The molecule has 108 valence electrons. The number of hydrogen-bond donors (Lipinski definition) is 1. The summed E-state index contributed by atoms with van der Waals surface area (Å²) in [5, 5.41) is 3.44. The van der Waals surface area contributed by atoms with E-state index in [2.05, 4.69) is 38.0 Å². The molecule has 0 heterocycles. The van der Waals surface area contributed by atoms with E-state index in [-0.39, 0.29) is 11.9 Å². The van der Waals surface area contributed by atoms with Gasteiger partial charge in [0.25, 0.3) is 0 Å². The Hall–Kier alpha value is -1.13. The summed E-state index contributed by atoms with van der Waals surface area (Å²) >= 11 is 0. The van der Waals surface area contributed by atoms with E-state index in [1.165, 1.54) is 13.2 Å². The van der Waals surface area contributed by atoms with Gasteiger partial charge in [0, 0.05) is 25.2 Å². The van der Waals surface area contributed by atoms with Gasteiger partial charge in [0.2, 0.25) is 0 Å². The zero-order valence-electron chi connectivity index (χ0n) is 12.5. The molecule has 1 aromatic rings. The summed E-state index contributed by atoms with van der Waals surface area (Å²) in [6.07, 6.45) is 0. The first-order valence-electron chi connectivity index (χ1n) is 6.72. The lowest BCUT2D eigenvalue weighted by atomic mass is 10.1. The molecule has 1 N–H and O–H groups in total. The summed E-state index contributed by atoms with van der Waals surface area (Å²) in [7, 11) is 3.59. The number of hydrogen-bond acceptors (Lipinski definition) is 3. The summed E-state index contributed by atoms with van der Waals surface area (Å²) in [4.78, 5) is 2.28. The van der Waals surface area contributed by atoms with Gasteiger partial charge < -0.3 is 15.0 Å². The molecule has 0 saturated heterocycles. The highest BCUT2D eigenvalue weighted by Crippen LogP contribution is 2.22. The van der Waals surface area contributed by atoms with E-state index in [9.17, 15) is 4.39 Å². The molecule has 0 spiro atoms. The van der Waals surface area contributed by atoms with E-state index in [4.69, 9.17) is 4.74 Å². The van der Waals surface area contributed by atoms with E-state index in [1.54, 1.807) is 12.1 Å². The van der Waals surface area contributed by atoms with Gasteiger partial charge in [-0.25, -0.2) is 4.39 Å². The molecule has 3 nitrogen and oxygen atoms in total. The maximum absolute atomic E-state index is 13.3. The molecule has 1 aromatic carbocycles. The third-order valence-electron chi connectivity index (χ3n) is 3.47. The summed E-state index contributed by atoms with van der Waals surface area (Å²) in [5.74, 6) is -0.0246. The summed E-state index contributed by atoms with van der Waals surface area (Å²) in [5.41, 5.74) is 1.03. The highest BCUT2D eigenvalue weighted by atomic mass is 19.1. The Labute approximate surface area is 115 Å².